The van der Waals surface area contributed by atoms with Crippen LogP contribution in [0.1, 0.15) is 11.7 Å². The Balaban J connectivity index is 1.94. The molecule has 0 aliphatic rings. The Kier molecular flexibility index (Phi) is 3.73. The molecule has 0 saturated heterocycles. The van der Waals surface area contributed by atoms with Crippen LogP contribution in [0.2, 0.25) is 0 Å². The number of nitrogens with zero attached hydrogens (tertiary/aromatic N) is 2. The van der Waals surface area contributed by atoms with Crippen LogP contribution in [-0.4, -0.2) is 25.1 Å². The van der Waals surface area contributed by atoms with E-state index in [0.29, 0.717) is 18.1 Å². The zero-order valence-corrected chi connectivity index (χ0v) is 10.6. The summed E-state index contributed by atoms with van der Waals surface area (Å²) in [4.78, 5) is 4.23. The molecule has 0 atom stereocenters. The number of nitrogens with one attached hydrogen (secondary N) is 1. The summed E-state index contributed by atoms with van der Waals surface area (Å²) in [5.41, 5.74) is 0. The smallest absolute Gasteiger partial charge is 0.240 e. The van der Waals surface area contributed by atoms with Crippen LogP contribution in [0.25, 0.3) is 0 Å². The van der Waals surface area contributed by atoms with Gasteiger partial charge in [-0.1, -0.05) is 23.4 Å². The van der Waals surface area contributed by atoms with Crippen LogP contribution in [0, 0.1) is 6.92 Å². The van der Waals surface area contributed by atoms with Crippen LogP contribution in [-0.2, 0) is 16.4 Å². The highest BCUT2D eigenvalue weighted by Gasteiger charge is 2.13. The van der Waals surface area contributed by atoms with Crippen LogP contribution in [0.3, 0.4) is 0 Å². The van der Waals surface area contributed by atoms with Crippen LogP contribution >= 0.6 is 0 Å². The summed E-state index contributed by atoms with van der Waals surface area (Å²) in [6.45, 7) is 1.93. The molecule has 7 heteroatoms. The van der Waals surface area contributed by atoms with Crippen LogP contribution in [0.5, 0.6) is 0 Å². The first-order valence-electron chi connectivity index (χ1n) is 5.42. The number of sulfonamides is 1. The zero-order valence-electron chi connectivity index (χ0n) is 9.83. The van der Waals surface area contributed by atoms with Crippen LogP contribution in [0.15, 0.2) is 39.8 Å². The van der Waals surface area contributed by atoms with E-state index in [4.69, 9.17) is 4.52 Å². The van der Waals surface area contributed by atoms with Crippen molar-refractivity contribution >= 4 is 10.0 Å². The van der Waals surface area contributed by atoms with Crippen molar-refractivity contribution in [1.29, 1.82) is 0 Å². The molecule has 0 aliphatic carbocycles. The van der Waals surface area contributed by atoms with Gasteiger partial charge in [0.2, 0.25) is 15.9 Å². The summed E-state index contributed by atoms with van der Waals surface area (Å²) >= 11 is 0. The first kappa shape index (κ1) is 12.7. The van der Waals surface area contributed by atoms with Crippen molar-refractivity contribution in [3.8, 4) is 0 Å². The fourth-order valence-electron chi connectivity index (χ4n) is 1.42. The molecule has 1 aromatic carbocycles. The van der Waals surface area contributed by atoms with Gasteiger partial charge in [-0.3, -0.25) is 0 Å². The van der Waals surface area contributed by atoms with E-state index < -0.39 is 10.0 Å². The lowest BCUT2D eigenvalue weighted by atomic mass is 10.4. The van der Waals surface area contributed by atoms with Crippen molar-refractivity contribution in [1.82, 2.24) is 14.9 Å². The predicted octanol–water partition coefficient (Wildman–Crippen LogP) is 0.899. The monoisotopic (exact) mass is 267 g/mol. The molecule has 18 heavy (non-hydrogen) atoms. The molecular formula is C11H13N3O3S. The van der Waals surface area contributed by atoms with Crippen LogP contribution in [0.4, 0.5) is 0 Å². The van der Waals surface area contributed by atoms with Crippen molar-refractivity contribution < 1.29 is 12.9 Å². The fourth-order valence-corrected chi connectivity index (χ4v) is 2.47. The summed E-state index contributed by atoms with van der Waals surface area (Å²) in [5.74, 6) is 0.958. The SMILES string of the molecule is Cc1noc(CCNS(=O)(=O)c2ccccc2)n1. The molecule has 0 amide bonds. The van der Waals surface area contributed by atoms with Gasteiger partial charge in [0, 0.05) is 13.0 Å². The third-order valence-electron chi connectivity index (χ3n) is 2.25. The predicted molar refractivity (Wildman–Crippen MR) is 64.4 cm³/mol. The van der Waals surface area contributed by atoms with E-state index in [1.807, 2.05) is 0 Å². The maximum absolute atomic E-state index is 11.8. The van der Waals surface area contributed by atoms with E-state index in [1.54, 1.807) is 37.3 Å². The second-order valence-corrected chi connectivity index (χ2v) is 5.46. The van der Waals surface area contributed by atoms with E-state index in [0.717, 1.165) is 0 Å². The molecule has 0 bridgehead atoms. The Morgan fingerprint density at radius 3 is 2.61 bits per heavy atom. The Hall–Kier alpha value is -1.73. The number of hydrogen-bond donors (Lipinski definition) is 1. The normalized spacial score (nSPS) is 11.6. The lowest BCUT2D eigenvalue weighted by molar-refractivity contribution is 0.375. The number of rotatable bonds is 5. The van der Waals surface area contributed by atoms with Gasteiger partial charge in [-0.2, -0.15) is 4.98 Å². The largest absolute Gasteiger partial charge is 0.339 e. The lowest BCUT2D eigenvalue weighted by Crippen LogP contribution is -2.26. The first-order chi connectivity index (χ1) is 8.58. The lowest BCUT2D eigenvalue weighted by Gasteiger charge is -2.04. The molecule has 96 valence electrons. The topological polar surface area (TPSA) is 85.1 Å². The highest BCUT2D eigenvalue weighted by molar-refractivity contribution is 7.89. The summed E-state index contributed by atoms with van der Waals surface area (Å²) in [7, 11) is -3.46. The summed E-state index contributed by atoms with van der Waals surface area (Å²) < 4.78 is 31.1. The fraction of sp³-hybridized carbons (Fsp3) is 0.273. The molecule has 0 aliphatic heterocycles. The standard InChI is InChI=1S/C11H13N3O3S/c1-9-13-11(17-14-9)7-8-12-18(15,16)10-5-3-2-4-6-10/h2-6,12H,7-8H2,1H3. The Labute approximate surface area is 105 Å². The van der Waals surface area contributed by atoms with Gasteiger partial charge in [0.15, 0.2) is 5.82 Å². The van der Waals surface area contributed by atoms with Gasteiger partial charge in [-0.15, -0.1) is 0 Å². The minimum atomic E-state index is -3.46. The first-order valence-corrected chi connectivity index (χ1v) is 6.90. The molecule has 6 nitrogen and oxygen atoms in total. The molecule has 1 N–H and O–H groups in total. The second-order valence-electron chi connectivity index (χ2n) is 3.70. The molecule has 0 saturated carbocycles. The van der Waals surface area contributed by atoms with E-state index in [1.165, 1.54) is 0 Å². The molecule has 2 aromatic rings. The quantitative estimate of drug-likeness (QED) is 0.870. The Bertz CT molecular complexity index is 607. The second kappa shape index (κ2) is 5.28. The molecule has 0 fully saturated rings. The van der Waals surface area contributed by atoms with Crippen molar-refractivity contribution in [2.45, 2.75) is 18.2 Å². The molecule has 0 unspecified atom stereocenters. The number of hydrogen-bond acceptors (Lipinski definition) is 5. The van der Waals surface area contributed by atoms with E-state index >= 15 is 0 Å². The van der Waals surface area contributed by atoms with Crippen molar-refractivity contribution in [3.05, 3.63) is 42.0 Å². The third-order valence-corrected chi connectivity index (χ3v) is 3.73. The van der Waals surface area contributed by atoms with Crippen molar-refractivity contribution in [2.75, 3.05) is 6.54 Å². The summed E-state index contributed by atoms with van der Waals surface area (Å²) in [6, 6.07) is 8.20. The van der Waals surface area contributed by atoms with E-state index in [2.05, 4.69) is 14.9 Å². The van der Waals surface area contributed by atoms with Gasteiger partial charge in [0.05, 0.1) is 4.90 Å². The average Bonchev–Trinajstić information content (AvgIpc) is 2.76. The molecule has 1 heterocycles. The van der Waals surface area contributed by atoms with Gasteiger partial charge < -0.3 is 4.52 Å². The van der Waals surface area contributed by atoms with E-state index in [-0.39, 0.29) is 11.4 Å². The Morgan fingerprint density at radius 1 is 1.28 bits per heavy atom. The molecule has 0 spiro atoms. The summed E-state index contributed by atoms with van der Waals surface area (Å²) in [6.07, 6.45) is 0.368. The van der Waals surface area contributed by atoms with E-state index in [9.17, 15) is 8.42 Å². The van der Waals surface area contributed by atoms with Gasteiger partial charge >= 0.3 is 0 Å². The van der Waals surface area contributed by atoms with Gasteiger partial charge in [0.1, 0.15) is 0 Å². The molecule has 2 rings (SSSR count). The molecule has 0 radical (unpaired) electrons. The zero-order chi connectivity index (χ0) is 13.0. The summed E-state index contributed by atoms with van der Waals surface area (Å²) in [5, 5.41) is 3.63. The number of benzene rings is 1. The third kappa shape index (κ3) is 3.14. The minimum Gasteiger partial charge on any atom is -0.339 e. The van der Waals surface area contributed by atoms with Crippen molar-refractivity contribution in [2.24, 2.45) is 0 Å². The van der Waals surface area contributed by atoms with Crippen molar-refractivity contribution in [3.63, 3.8) is 0 Å². The average molecular weight is 267 g/mol. The minimum absolute atomic E-state index is 0.221. The highest BCUT2D eigenvalue weighted by Crippen LogP contribution is 2.07. The highest BCUT2D eigenvalue weighted by atomic mass is 32.2. The van der Waals surface area contributed by atoms with Gasteiger partial charge in [-0.25, -0.2) is 13.1 Å². The maximum Gasteiger partial charge on any atom is 0.240 e. The number of aromatic nitrogens is 2. The maximum atomic E-state index is 11.8. The molecular weight excluding hydrogens is 254 g/mol. The van der Waals surface area contributed by atoms with Crippen LogP contribution < -0.4 is 4.72 Å². The Morgan fingerprint density at radius 2 is 2.00 bits per heavy atom. The number of aryl methyl sites for hydroxylation is 1. The molecule has 1 aromatic heterocycles. The van der Waals surface area contributed by atoms with Gasteiger partial charge in [0.25, 0.3) is 0 Å². The van der Waals surface area contributed by atoms with Gasteiger partial charge in [-0.05, 0) is 19.1 Å².